The molecule has 2 rings (SSSR count). The van der Waals surface area contributed by atoms with Crippen LogP contribution in [0, 0.1) is 6.92 Å². The molecular weight excluding hydrogens is 248 g/mol. The summed E-state index contributed by atoms with van der Waals surface area (Å²) in [7, 11) is 2.13. The van der Waals surface area contributed by atoms with Crippen LogP contribution in [0.1, 0.15) is 35.3 Å². The number of nitrogens with two attached hydrogens (primary N) is 1. The molecule has 2 aromatic rings. The molecule has 2 N–H and O–H groups in total. The molecule has 3 heteroatoms. The van der Waals surface area contributed by atoms with Gasteiger partial charge in [0.15, 0.2) is 0 Å². The van der Waals surface area contributed by atoms with Crippen LogP contribution in [0.25, 0.3) is 0 Å². The second-order valence-corrected chi connectivity index (χ2v) is 5.55. The van der Waals surface area contributed by atoms with Crippen molar-refractivity contribution in [1.82, 2.24) is 4.90 Å². The molecule has 0 saturated carbocycles. The standard InChI is InChI=1S/C17H24N2O/c1-13(10-18)16-6-4-15(5-7-16)11-19(3)12-17-8-9-20-14(17)2/h4-9,13H,10-12,18H2,1-3H3. The van der Waals surface area contributed by atoms with Crippen molar-refractivity contribution in [2.45, 2.75) is 32.9 Å². The Morgan fingerprint density at radius 2 is 1.85 bits per heavy atom. The summed E-state index contributed by atoms with van der Waals surface area (Å²) in [5, 5.41) is 0. The predicted molar refractivity (Wildman–Crippen MR) is 82.5 cm³/mol. The summed E-state index contributed by atoms with van der Waals surface area (Å²) in [6.45, 7) is 6.69. The van der Waals surface area contributed by atoms with Gasteiger partial charge in [-0.05, 0) is 43.6 Å². The third kappa shape index (κ3) is 3.71. The number of hydrogen-bond donors (Lipinski definition) is 1. The predicted octanol–water partition coefficient (Wildman–Crippen LogP) is 3.28. The summed E-state index contributed by atoms with van der Waals surface area (Å²) in [5.74, 6) is 1.43. The van der Waals surface area contributed by atoms with E-state index in [0.717, 1.165) is 18.8 Å². The Balaban J connectivity index is 1.94. The summed E-state index contributed by atoms with van der Waals surface area (Å²) in [6.07, 6.45) is 1.75. The van der Waals surface area contributed by atoms with Gasteiger partial charge in [-0.3, -0.25) is 4.90 Å². The molecule has 1 unspecified atom stereocenters. The molecule has 0 saturated heterocycles. The first-order chi connectivity index (χ1) is 9.60. The highest BCUT2D eigenvalue weighted by molar-refractivity contribution is 5.25. The summed E-state index contributed by atoms with van der Waals surface area (Å²) < 4.78 is 5.33. The number of hydrogen-bond acceptors (Lipinski definition) is 3. The largest absolute Gasteiger partial charge is 0.469 e. The number of nitrogens with zero attached hydrogens (tertiary/aromatic N) is 1. The minimum absolute atomic E-state index is 0.426. The van der Waals surface area contributed by atoms with Crippen LogP contribution in [0.15, 0.2) is 41.0 Å². The number of furan rings is 1. The van der Waals surface area contributed by atoms with Crippen LogP contribution in [0.4, 0.5) is 0 Å². The van der Waals surface area contributed by atoms with Gasteiger partial charge < -0.3 is 10.2 Å². The maximum atomic E-state index is 5.70. The quantitative estimate of drug-likeness (QED) is 0.877. The van der Waals surface area contributed by atoms with Gasteiger partial charge in [-0.15, -0.1) is 0 Å². The van der Waals surface area contributed by atoms with E-state index in [1.807, 2.05) is 13.0 Å². The molecule has 3 nitrogen and oxygen atoms in total. The lowest BCUT2D eigenvalue weighted by Crippen LogP contribution is -2.17. The molecule has 0 spiro atoms. The van der Waals surface area contributed by atoms with E-state index in [1.54, 1.807) is 6.26 Å². The first-order valence-corrected chi connectivity index (χ1v) is 7.10. The molecule has 1 heterocycles. The van der Waals surface area contributed by atoms with Crippen molar-refractivity contribution in [3.63, 3.8) is 0 Å². The lowest BCUT2D eigenvalue weighted by atomic mass is 10.00. The Hall–Kier alpha value is -1.58. The molecule has 1 aromatic carbocycles. The van der Waals surface area contributed by atoms with Crippen molar-refractivity contribution in [2.24, 2.45) is 5.73 Å². The highest BCUT2D eigenvalue weighted by atomic mass is 16.3. The van der Waals surface area contributed by atoms with Gasteiger partial charge in [-0.2, -0.15) is 0 Å². The normalized spacial score (nSPS) is 12.8. The van der Waals surface area contributed by atoms with E-state index in [0.29, 0.717) is 12.5 Å². The average Bonchev–Trinajstić information content (AvgIpc) is 2.84. The van der Waals surface area contributed by atoms with E-state index >= 15 is 0 Å². The smallest absolute Gasteiger partial charge is 0.105 e. The molecule has 108 valence electrons. The van der Waals surface area contributed by atoms with Crippen LogP contribution < -0.4 is 5.73 Å². The summed E-state index contributed by atoms with van der Waals surface area (Å²) in [6, 6.07) is 10.8. The van der Waals surface area contributed by atoms with Crippen LogP contribution in [0.2, 0.25) is 0 Å². The van der Waals surface area contributed by atoms with E-state index in [9.17, 15) is 0 Å². The summed E-state index contributed by atoms with van der Waals surface area (Å²) in [4.78, 5) is 2.29. The van der Waals surface area contributed by atoms with E-state index in [-0.39, 0.29) is 0 Å². The van der Waals surface area contributed by atoms with Crippen molar-refractivity contribution in [3.8, 4) is 0 Å². The van der Waals surface area contributed by atoms with Gasteiger partial charge in [0.1, 0.15) is 5.76 Å². The van der Waals surface area contributed by atoms with Crippen LogP contribution >= 0.6 is 0 Å². The number of aryl methyl sites for hydroxylation is 1. The second-order valence-electron chi connectivity index (χ2n) is 5.55. The second kappa shape index (κ2) is 6.73. The topological polar surface area (TPSA) is 42.4 Å². The van der Waals surface area contributed by atoms with Gasteiger partial charge in [0.05, 0.1) is 6.26 Å². The number of rotatable bonds is 6. The van der Waals surface area contributed by atoms with Crippen molar-refractivity contribution in [1.29, 1.82) is 0 Å². The van der Waals surface area contributed by atoms with Gasteiger partial charge in [-0.1, -0.05) is 31.2 Å². The van der Waals surface area contributed by atoms with E-state index in [1.165, 1.54) is 16.7 Å². The minimum Gasteiger partial charge on any atom is -0.469 e. The molecule has 20 heavy (non-hydrogen) atoms. The average molecular weight is 272 g/mol. The molecule has 1 aromatic heterocycles. The molecule has 0 aliphatic rings. The highest BCUT2D eigenvalue weighted by Crippen LogP contribution is 2.16. The van der Waals surface area contributed by atoms with Gasteiger partial charge in [0.25, 0.3) is 0 Å². The third-order valence-corrected chi connectivity index (χ3v) is 3.76. The third-order valence-electron chi connectivity index (χ3n) is 3.76. The van der Waals surface area contributed by atoms with Gasteiger partial charge in [-0.25, -0.2) is 0 Å². The molecule has 1 atom stereocenters. The Labute approximate surface area is 121 Å². The van der Waals surface area contributed by atoms with Gasteiger partial charge in [0, 0.05) is 18.7 Å². The van der Waals surface area contributed by atoms with Crippen molar-refractivity contribution < 1.29 is 4.42 Å². The van der Waals surface area contributed by atoms with Crippen LogP contribution in [-0.2, 0) is 13.1 Å². The fraction of sp³-hybridized carbons (Fsp3) is 0.412. The summed E-state index contributed by atoms with van der Waals surface area (Å²) >= 11 is 0. The van der Waals surface area contributed by atoms with E-state index in [4.69, 9.17) is 10.2 Å². The maximum Gasteiger partial charge on any atom is 0.105 e. The Morgan fingerprint density at radius 1 is 1.15 bits per heavy atom. The Kier molecular flexibility index (Phi) is 4.99. The highest BCUT2D eigenvalue weighted by Gasteiger charge is 2.07. The molecule has 0 radical (unpaired) electrons. The Morgan fingerprint density at radius 3 is 2.40 bits per heavy atom. The molecule has 0 aliphatic heterocycles. The molecule has 0 aliphatic carbocycles. The first kappa shape index (κ1) is 14.8. The monoisotopic (exact) mass is 272 g/mol. The van der Waals surface area contributed by atoms with Crippen molar-refractivity contribution in [3.05, 3.63) is 59.0 Å². The lowest BCUT2D eigenvalue weighted by Gasteiger charge is -2.17. The van der Waals surface area contributed by atoms with Crippen LogP contribution in [0.3, 0.4) is 0 Å². The van der Waals surface area contributed by atoms with Crippen LogP contribution in [0.5, 0.6) is 0 Å². The molecule has 0 fully saturated rings. The zero-order chi connectivity index (χ0) is 14.5. The SMILES string of the molecule is Cc1occc1CN(C)Cc1ccc(C(C)CN)cc1. The van der Waals surface area contributed by atoms with Gasteiger partial charge >= 0.3 is 0 Å². The molecule has 0 amide bonds. The molecule has 0 bridgehead atoms. The molecular formula is C17H24N2O. The van der Waals surface area contributed by atoms with E-state index in [2.05, 4.69) is 43.1 Å². The fourth-order valence-corrected chi connectivity index (χ4v) is 2.32. The Bertz CT molecular complexity index is 530. The van der Waals surface area contributed by atoms with E-state index < -0.39 is 0 Å². The zero-order valence-corrected chi connectivity index (χ0v) is 12.6. The fourth-order valence-electron chi connectivity index (χ4n) is 2.32. The maximum absolute atomic E-state index is 5.70. The minimum atomic E-state index is 0.426. The number of benzene rings is 1. The van der Waals surface area contributed by atoms with Crippen molar-refractivity contribution >= 4 is 0 Å². The van der Waals surface area contributed by atoms with Gasteiger partial charge in [0.2, 0.25) is 0 Å². The zero-order valence-electron chi connectivity index (χ0n) is 12.6. The lowest BCUT2D eigenvalue weighted by molar-refractivity contribution is 0.316. The van der Waals surface area contributed by atoms with Crippen molar-refractivity contribution in [2.75, 3.05) is 13.6 Å². The van der Waals surface area contributed by atoms with Crippen LogP contribution in [-0.4, -0.2) is 18.5 Å². The first-order valence-electron chi connectivity index (χ1n) is 7.10. The summed E-state index contributed by atoms with van der Waals surface area (Å²) in [5.41, 5.74) is 9.58.